The van der Waals surface area contributed by atoms with E-state index in [0.717, 1.165) is 0 Å². The van der Waals surface area contributed by atoms with Gasteiger partial charge < -0.3 is 19.3 Å². The fourth-order valence-corrected chi connectivity index (χ4v) is 3.15. The number of ether oxygens (including phenoxy) is 2. The summed E-state index contributed by atoms with van der Waals surface area (Å²) in [5.41, 5.74) is 2.04. The maximum Gasteiger partial charge on any atom is 0.586 e. The van der Waals surface area contributed by atoms with Gasteiger partial charge in [-0.05, 0) is 54.8 Å². The number of carbonyl (C=O) groups excluding carboxylic acids is 1. The average molecular weight is 422 g/mol. The highest BCUT2D eigenvalue weighted by Gasteiger charge is 2.43. The molecule has 1 aromatic heterocycles. The van der Waals surface area contributed by atoms with Gasteiger partial charge in [0.05, 0.1) is 5.69 Å². The van der Waals surface area contributed by atoms with Crippen molar-refractivity contribution < 1.29 is 36.4 Å². The molecule has 0 saturated carbocycles. The summed E-state index contributed by atoms with van der Waals surface area (Å²) >= 11 is 0. The minimum absolute atomic E-state index is 0.0483. The molecular formula is C20H14F4N2O4. The zero-order valence-corrected chi connectivity index (χ0v) is 15.6. The molecule has 0 saturated heterocycles. The summed E-state index contributed by atoms with van der Waals surface area (Å²) in [5, 5.41) is 5.92. The lowest BCUT2D eigenvalue weighted by Crippen LogP contribution is -2.25. The van der Waals surface area contributed by atoms with Crippen LogP contribution < -0.4 is 14.8 Å². The third-order valence-electron chi connectivity index (χ3n) is 4.52. The van der Waals surface area contributed by atoms with E-state index >= 15 is 0 Å². The Morgan fingerprint density at radius 1 is 1.07 bits per heavy atom. The molecule has 1 aliphatic rings. The molecule has 0 atom stereocenters. The first-order valence-electron chi connectivity index (χ1n) is 8.71. The second-order valence-electron chi connectivity index (χ2n) is 6.62. The number of fused-ring (bicyclic) bond motifs is 1. The van der Waals surface area contributed by atoms with E-state index in [4.69, 9.17) is 0 Å². The molecule has 2 aromatic carbocycles. The van der Waals surface area contributed by atoms with Crippen LogP contribution in [0.1, 0.15) is 33.8 Å². The highest BCUT2D eigenvalue weighted by atomic mass is 19.3. The summed E-state index contributed by atoms with van der Waals surface area (Å²) in [5.74, 6) is -1.71. The summed E-state index contributed by atoms with van der Waals surface area (Å²) < 4.78 is 65.9. The molecule has 1 amide bonds. The van der Waals surface area contributed by atoms with Crippen molar-refractivity contribution >= 4 is 11.6 Å². The van der Waals surface area contributed by atoms with E-state index in [1.165, 1.54) is 19.1 Å². The molecule has 4 rings (SSSR count). The van der Waals surface area contributed by atoms with Crippen LogP contribution in [0.25, 0.3) is 11.1 Å². The van der Waals surface area contributed by atoms with Crippen molar-refractivity contribution in [3.05, 3.63) is 59.0 Å². The van der Waals surface area contributed by atoms with Crippen LogP contribution in [0.2, 0.25) is 0 Å². The van der Waals surface area contributed by atoms with Crippen LogP contribution in [0, 0.1) is 13.8 Å². The minimum atomic E-state index is -3.71. The molecule has 2 heterocycles. The number of benzene rings is 2. The van der Waals surface area contributed by atoms with Crippen molar-refractivity contribution in [2.24, 2.45) is 0 Å². The summed E-state index contributed by atoms with van der Waals surface area (Å²) in [6.45, 7) is 3.12. The van der Waals surface area contributed by atoms with Gasteiger partial charge in [-0.3, -0.25) is 4.79 Å². The van der Waals surface area contributed by atoms with Gasteiger partial charge in [-0.15, -0.1) is 8.78 Å². The Balaban J connectivity index is 1.56. The molecule has 0 radical (unpaired) electrons. The number of nitrogens with one attached hydrogen (secondary N) is 1. The van der Waals surface area contributed by atoms with Crippen LogP contribution in [0.15, 0.2) is 40.9 Å². The smallest absolute Gasteiger partial charge is 0.395 e. The Bertz CT molecular complexity index is 1130. The topological polar surface area (TPSA) is 73.6 Å². The standard InChI is InChI=1S/C20H14F4N2O4/c1-9-7-14-15(29-20(23,24)28-14)8-13(9)11-3-5-12(6-4-11)25-19(27)16-10(2)26-30-17(16)18(21)22/h3-8,18H,1-2H3,(H,25,27). The van der Waals surface area contributed by atoms with Crippen LogP contribution in [-0.2, 0) is 0 Å². The molecule has 10 heteroatoms. The maximum atomic E-state index is 13.3. The summed E-state index contributed by atoms with van der Waals surface area (Å²) in [6, 6.07) is 9.28. The van der Waals surface area contributed by atoms with Gasteiger partial charge in [-0.2, -0.15) is 0 Å². The van der Waals surface area contributed by atoms with E-state index in [-0.39, 0.29) is 22.8 Å². The molecule has 6 nitrogen and oxygen atoms in total. The van der Waals surface area contributed by atoms with Crippen LogP contribution in [-0.4, -0.2) is 17.4 Å². The lowest BCUT2D eigenvalue weighted by Gasteiger charge is -2.10. The molecule has 30 heavy (non-hydrogen) atoms. The monoisotopic (exact) mass is 422 g/mol. The number of anilines is 1. The van der Waals surface area contributed by atoms with Gasteiger partial charge in [0.2, 0.25) is 5.76 Å². The van der Waals surface area contributed by atoms with E-state index < -0.39 is 24.4 Å². The number of hydrogen-bond donors (Lipinski definition) is 1. The van der Waals surface area contributed by atoms with Gasteiger partial charge in [-0.1, -0.05) is 17.3 Å². The molecule has 0 spiro atoms. The Kier molecular flexibility index (Phi) is 4.64. The lowest BCUT2D eigenvalue weighted by molar-refractivity contribution is -0.286. The van der Waals surface area contributed by atoms with Gasteiger partial charge >= 0.3 is 6.29 Å². The minimum Gasteiger partial charge on any atom is -0.395 e. The summed E-state index contributed by atoms with van der Waals surface area (Å²) in [6.07, 6.45) is -6.69. The van der Waals surface area contributed by atoms with Crippen molar-refractivity contribution in [2.45, 2.75) is 26.6 Å². The predicted molar refractivity (Wildman–Crippen MR) is 97.0 cm³/mol. The number of rotatable bonds is 4. The Morgan fingerprint density at radius 2 is 1.70 bits per heavy atom. The lowest BCUT2D eigenvalue weighted by atomic mass is 9.99. The van der Waals surface area contributed by atoms with Gasteiger partial charge in [0.25, 0.3) is 12.3 Å². The number of aryl methyl sites for hydroxylation is 2. The van der Waals surface area contributed by atoms with Gasteiger partial charge in [0, 0.05) is 5.69 Å². The molecule has 0 unspecified atom stereocenters. The van der Waals surface area contributed by atoms with Crippen molar-refractivity contribution in [2.75, 3.05) is 5.32 Å². The number of aromatic nitrogens is 1. The maximum absolute atomic E-state index is 13.3. The number of amides is 1. The second-order valence-corrected chi connectivity index (χ2v) is 6.62. The summed E-state index contributed by atoms with van der Waals surface area (Å²) in [4.78, 5) is 12.4. The van der Waals surface area contributed by atoms with Crippen molar-refractivity contribution in [1.29, 1.82) is 0 Å². The van der Waals surface area contributed by atoms with Gasteiger partial charge in [-0.25, -0.2) is 8.78 Å². The largest absolute Gasteiger partial charge is 0.586 e. The fourth-order valence-electron chi connectivity index (χ4n) is 3.15. The molecule has 0 fully saturated rings. The second kappa shape index (κ2) is 7.05. The number of halogens is 4. The Hall–Kier alpha value is -3.56. The SMILES string of the molecule is Cc1cc2c(cc1-c1ccc(NC(=O)c3c(C)noc3C(F)F)cc1)OC(F)(F)O2. The zero-order valence-electron chi connectivity index (χ0n) is 15.6. The molecule has 3 aromatic rings. The van der Waals surface area contributed by atoms with E-state index in [1.807, 2.05) is 0 Å². The van der Waals surface area contributed by atoms with Gasteiger partial charge in [0.1, 0.15) is 5.56 Å². The van der Waals surface area contributed by atoms with Crippen LogP contribution in [0.4, 0.5) is 23.2 Å². The first-order valence-corrected chi connectivity index (χ1v) is 8.71. The highest BCUT2D eigenvalue weighted by molar-refractivity contribution is 6.05. The predicted octanol–water partition coefficient (Wildman–Crippen LogP) is 5.47. The van der Waals surface area contributed by atoms with E-state index in [2.05, 4.69) is 24.5 Å². The number of hydrogen-bond acceptors (Lipinski definition) is 5. The average Bonchev–Trinajstić information content (AvgIpc) is 3.19. The molecule has 0 aliphatic carbocycles. The quantitative estimate of drug-likeness (QED) is 0.565. The van der Waals surface area contributed by atoms with Gasteiger partial charge in [0.15, 0.2) is 11.5 Å². The van der Waals surface area contributed by atoms with Crippen LogP contribution in [0.5, 0.6) is 11.5 Å². The third kappa shape index (κ3) is 3.56. The van der Waals surface area contributed by atoms with E-state index in [0.29, 0.717) is 22.4 Å². The van der Waals surface area contributed by atoms with Crippen molar-refractivity contribution in [3.8, 4) is 22.6 Å². The summed E-state index contributed by atoms with van der Waals surface area (Å²) in [7, 11) is 0. The zero-order chi connectivity index (χ0) is 21.6. The molecular weight excluding hydrogens is 408 g/mol. The Labute approximate surface area is 167 Å². The van der Waals surface area contributed by atoms with Crippen molar-refractivity contribution in [3.63, 3.8) is 0 Å². The first-order chi connectivity index (χ1) is 14.1. The number of nitrogens with zero attached hydrogens (tertiary/aromatic N) is 1. The van der Waals surface area contributed by atoms with Crippen molar-refractivity contribution in [1.82, 2.24) is 5.16 Å². The molecule has 156 valence electrons. The number of carbonyl (C=O) groups is 1. The fraction of sp³-hybridized carbons (Fsp3) is 0.200. The first kappa shape index (κ1) is 19.7. The molecule has 1 aliphatic heterocycles. The third-order valence-corrected chi connectivity index (χ3v) is 4.52. The Morgan fingerprint density at radius 3 is 2.33 bits per heavy atom. The van der Waals surface area contributed by atoms with Crippen LogP contribution in [0.3, 0.4) is 0 Å². The van der Waals surface area contributed by atoms with E-state index in [1.54, 1.807) is 31.2 Å². The van der Waals surface area contributed by atoms with E-state index in [9.17, 15) is 22.4 Å². The highest BCUT2D eigenvalue weighted by Crippen LogP contribution is 2.44. The number of alkyl halides is 4. The normalized spacial score (nSPS) is 14.2. The van der Waals surface area contributed by atoms with Crippen LogP contribution >= 0.6 is 0 Å². The molecule has 0 bridgehead atoms. The molecule has 1 N–H and O–H groups in total.